The maximum atomic E-state index is 13.6. The summed E-state index contributed by atoms with van der Waals surface area (Å²) in [7, 11) is 0. The van der Waals surface area contributed by atoms with Crippen LogP contribution in [0, 0.1) is 15.9 Å². The largest absolute Gasteiger partial charge is 0.332 e. The zero-order valence-corrected chi connectivity index (χ0v) is 14.6. The third-order valence-corrected chi connectivity index (χ3v) is 4.14. The van der Waals surface area contributed by atoms with Crippen LogP contribution in [0.4, 0.5) is 15.8 Å². The fourth-order valence-electron chi connectivity index (χ4n) is 2.21. The number of nitro benzene ring substituents is 1. The van der Waals surface area contributed by atoms with E-state index in [1.165, 1.54) is 30.3 Å². The molecule has 0 heterocycles. The van der Waals surface area contributed by atoms with E-state index < -0.39 is 10.7 Å². The van der Waals surface area contributed by atoms with Crippen LogP contribution in [0.1, 0.15) is 18.5 Å². The van der Waals surface area contributed by atoms with Crippen molar-refractivity contribution in [3.63, 3.8) is 0 Å². The summed E-state index contributed by atoms with van der Waals surface area (Å²) in [5, 5.41) is 15.2. The molecule has 2 aromatic carbocycles. The number of quaternary nitrogens is 1. The van der Waals surface area contributed by atoms with Gasteiger partial charge in [-0.05, 0) is 25.1 Å². The topological polar surface area (TPSA) is 88.8 Å². The quantitative estimate of drug-likeness (QED) is 0.453. The molecule has 0 saturated carbocycles. The number of nitro groups is 1. The molecule has 25 heavy (non-hydrogen) atoms. The maximum Gasteiger partial charge on any atom is 0.279 e. The van der Waals surface area contributed by atoms with Crippen LogP contribution in [0.3, 0.4) is 0 Å². The van der Waals surface area contributed by atoms with Gasteiger partial charge in [0.1, 0.15) is 11.9 Å². The van der Waals surface area contributed by atoms with Crippen LogP contribution < -0.4 is 10.6 Å². The van der Waals surface area contributed by atoms with Gasteiger partial charge in [0.15, 0.2) is 6.54 Å². The number of nitrogens with two attached hydrogens (primary N) is 1. The van der Waals surface area contributed by atoms with E-state index in [2.05, 4.69) is 5.32 Å². The van der Waals surface area contributed by atoms with Crippen molar-refractivity contribution < 1.29 is 19.4 Å². The van der Waals surface area contributed by atoms with Gasteiger partial charge in [0.05, 0.1) is 15.0 Å². The number of anilines is 1. The van der Waals surface area contributed by atoms with Crippen molar-refractivity contribution in [1.29, 1.82) is 0 Å². The molecule has 0 bridgehead atoms. The molecule has 6 nitrogen and oxygen atoms in total. The van der Waals surface area contributed by atoms with Crippen LogP contribution in [-0.2, 0) is 4.79 Å². The Morgan fingerprint density at radius 3 is 2.72 bits per heavy atom. The molecule has 0 aliphatic carbocycles. The number of carbonyl (C=O) groups is 1. The highest BCUT2D eigenvalue weighted by Crippen LogP contribution is 2.27. The molecule has 0 aliphatic heterocycles. The monoisotopic (exact) mass is 386 g/mol. The lowest BCUT2D eigenvalue weighted by Gasteiger charge is -2.13. The van der Waals surface area contributed by atoms with Crippen LogP contribution in [-0.4, -0.2) is 17.4 Å². The number of benzene rings is 2. The van der Waals surface area contributed by atoms with Crippen LogP contribution in [0.25, 0.3) is 0 Å². The molecule has 0 unspecified atom stereocenters. The minimum Gasteiger partial charge on any atom is -0.332 e. The SMILES string of the molecule is C[C@@H]([NH2+]CC(=O)Nc1cccc([N+](=O)[O-])c1)c1cc(F)c(Cl)cc1Cl. The summed E-state index contributed by atoms with van der Waals surface area (Å²) in [4.78, 5) is 22.2. The van der Waals surface area contributed by atoms with Gasteiger partial charge in [-0.1, -0.05) is 29.3 Å². The summed E-state index contributed by atoms with van der Waals surface area (Å²) < 4.78 is 13.6. The van der Waals surface area contributed by atoms with Gasteiger partial charge in [-0.25, -0.2) is 4.39 Å². The van der Waals surface area contributed by atoms with E-state index in [1.54, 1.807) is 18.3 Å². The lowest BCUT2D eigenvalue weighted by molar-refractivity contribution is -0.682. The van der Waals surface area contributed by atoms with E-state index in [0.29, 0.717) is 16.3 Å². The van der Waals surface area contributed by atoms with Crippen LogP contribution in [0.2, 0.25) is 10.0 Å². The summed E-state index contributed by atoms with van der Waals surface area (Å²) >= 11 is 11.7. The maximum absolute atomic E-state index is 13.6. The van der Waals surface area contributed by atoms with E-state index >= 15 is 0 Å². The molecule has 1 atom stereocenters. The van der Waals surface area contributed by atoms with Crippen molar-refractivity contribution >= 4 is 40.5 Å². The van der Waals surface area contributed by atoms with Crippen LogP contribution in [0.15, 0.2) is 36.4 Å². The number of halogens is 3. The third kappa shape index (κ3) is 5.12. The molecule has 0 aliphatic rings. The number of non-ortho nitro benzene ring substituents is 1. The lowest BCUT2D eigenvalue weighted by Crippen LogP contribution is -2.86. The van der Waals surface area contributed by atoms with Gasteiger partial charge in [0.2, 0.25) is 0 Å². The number of hydrogen-bond donors (Lipinski definition) is 2. The zero-order chi connectivity index (χ0) is 18.6. The Hall–Kier alpha value is -2.22. The molecular formula is C16H15Cl2FN3O3+. The minimum absolute atomic E-state index is 0.0322. The average Bonchev–Trinajstić information content (AvgIpc) is 2.56. The molecule has 0 spiro atoms. The second-order valence-corrected chi connectivity index (χ2v) is 6.19. The standard InChI is InChI=1S/C16H14Cl2FN3O3/c1-9(12-6-15(19)14(18)7-13(12)17)20-8-16(23)21-10-3-2-4-11(5-10)22(24)25/h2-7,9,20H,8H2,1H3,(H,21,23)/p+1/t9-/m1/s1. The second kappa shape index (κ2) is 8.24. The number of hydrogen-bond acceptors (Lipinski definition) is 3. The Bertz CT molecular complexity index is 817. The van der Waals surface area contributed by atoms with E-state index in [-0.39, 0.29) is 29.2 Å². The highest BCUT2D eigenvalue weighted by Gasteiger charge is 2.17. The Balaban J connectivity index is 1.97. The average molecular weight is 387 g/mol. The predicted molar refractivity (Wildman–Crippen MR) is 93.4 cm³/mol. The number of nitrogens with zero attached hydrogens (tertiary/aromatic N) is 1. The summed E-state index contributed by atoms with van der Waals surface area (Å²) in [5.41, 5.74) is 0.737. The molecular weight excluding hydrogens is 372 g/mol. The molecule has 0 aromatic heterocycles. The molecule has 0 radical (unpaired) electrons. The summed E-state index contributed by atoms with van der Waals surface area (Å²) in [6, 6.07) is 7.92. The molecule has 132 valence electrons. The molecule has 9 heteroatoms. The summed E-state index contributed by atoms with van der Waals surface area (Å²) in [5.74, 6) is -0.930. The molecule has 2 rings (SSSR count). The van der Waals surface area contributed by atoms with E-state index in [4.69, 9.17) is 23.2 Å². The Morgan fingerprint density at radius 1 is 1.32 bits per heavy atom. The van der Waals surface area contributed by atoms with Crippen molar-refractivity contribution in [2.24, 2.45) is 0 Å². The van der Waals surface area contributed by atoms with E-state index in [1.807, 2.05) is 0 Å². The molecule has 1 amide bonds. The Labute approximate surface area is 153 Å². The molecule has 0 saturated heterocycles. The summed E-state index contributed by atoms with van der Waals surface area (Å²) in [6.07, 6.45) is 0. The Kier molecular flexibility index (Phi) is 6.30. The van der Waals surface area contributed by atoms with Gasteiger partial charge < -0.3 is 10.6 Å². The first-order valence-electron chi connectivity index (χ1n) is 7.30. The van der Waals surface area contributed by atoms with E-state index in [9.17, 15) is 19.3 Å². The highest BCUT2D eigenvalue weighted by atomic mass is 35.5. The van der Waals surface area contributed by atoms with Gasteiger partial charge in [-0.2, -0.15) is 0 Å². The van der Waals surface area contributed by atoms with Crippen molar-refractivity contribution in [2.75, 3.05) is 11.9 Å². The van der Waals surface area contributed by atoms with Gasteiger partial charge in [0.25, 0.3) is 11.6 Å². The highest BCUT2D eigenvalue weighted by molar-refractivity contribution is 6.35. The predicted octanol–water partition coefficient (Wildman–Crippen LogP) is 3.30. The first-order valence-corrected chi connectivity index (χ1v) is 8.05. The fraction of sp³-hybridized carbons (Fsp3) is 0.188. The van der Waals surface area contributed by atoms with Crippen LogP contribution in [0.5, 0.6) is 0 Å². The number of carbonyl (C=O) groups excluding carboxylic acids is 1. The molecule has 3 N–H and O–H groups in total. The minimum atomic E-state index is -0.581. The molecule has 0 fully saturated rings. The third-order valence-electron chi connectivity index (χ3n) is 3.53. The van der Waals surface area contributed by atoms with Gasteiger partial charge in [-0.15, -0.1) is 0 Å². The summed E-state index contributed by atoms with van der Waals surface area (Å²) in [6.45, 7) is 1.81. The zero-order valence-electron chi connectivity index (χ0n) is 13.1. The number of nitrogens with one attached hydrogen (secondary N) is 1. The van der Waals surface area contributed by atoms with Gasteiger partial charge >= 0.3 is 0 Å². The Morgan fingerprint density at radius 2 is 2.04 bits per heavy atom. The van der Waals surface area contributed by atoms with Crippen LogP contribution >= 0.6 is 23.2 Å². The normalized spacial score (nSPS) is 11.8. The first kappa shape index (κ1) is 19.1. The van der Waals surface area contributed by atoms with Gasteiger partial charge in [0, 0.05) is 23.4 Å². The van der Waals surface area contributed by atoms with Gasteiger partial charge in [-0.3, -0.25) is 14.9 Å². The smallest absolute Gasteiger partial charge is 0.279 e. The van der Waals surface area contributed by atoms with Crippen molar-refractivity contribution in [2.45, 2.75) is 13.0 Å². The molecule has 2 aromatic rings. The van der Waals surface area contributed by atoms with Crippen molar-refractivity contribution in [1.82, 2.24) is 0 Å². The first-order chi connectivity index (χ1) is 11.8. The van der Waals surface area contributed by atoms with Crippen molar-refractivity contribution in [3.05, 3.63) is 67.9 Å². The fourth-order valence-corrected chi connectivity index (χ4v) is 2.76. The van der Waals surface area contributed by atoms with Crippen molar-refractivity contribution in [3.8, 4) is 0 Å². The second-order valence-electron chi connectivity index (χ2n) is 5.37. The number of amides is 1. The number of rotatable bonds is 6. The van der Waals surface area contributed by atoms with E-state index in [0.717, 1.165) is 0 Å². The lowest BCUT2D eigenvalue weighted by atomic mass is 10.1.